The molecule has 3 N–H and O–H groups in total. The summed E-state index contributed by atoms with van der Waals surface area (Å²) in [6.45, 7) is 3.88. The lowest BCUT2D eigenvalue weighted by atomic mass is 9.91. The molecule has 0 spiro atoms. The Kier molecular flexibility index (Phi) is 11.9. The monoisotopic (exact) mass is 579 g/mol. The van der Waals surface area contributed by atoms with Crippen LogP contribution in [0.4, 0.5) is 10.5 Å². The van der Waals surface area contributed by atoms with Crippen LogP contribution in [0.3, 0.4) is 0 Å². The highest BCUT2D eigenvalue weighted by molar-refractivity contribution is 5.90. The SMILES string of the molecule is COC(=O)C1=C[C@H](NC(=O)Nc2ccc(OC)cc2)[C@@H](NC(C)=O)[C@H]([C@H](OC(C)=O)[C@@H](COC(C)=O)OC(C)=O)O1. The van der Waals surface area contributed by atoms with Crippen molar-refractivity contribution in [3.8, 4) is 5.75 Å². The molecule has 5 atom stereocenters. The number of urea groups is 1. The molecule has 0 fully saturated rings. The molecule has 1 aromatic carbocycles. The largest absolute Gasteiger partial charge is 0.497 e. The zero-order valence-corrected chi connectivity index (χ0v) is 23.4. The van der Waals surface area contributed by atoms with E-state index < -0.39 is 78.6 Å². The molecule has 0 unspecified atom stereocenters. The fraction of sp³-hybridized carbons (Fsp3) is 0.462. The van der Waals surface area contributed by atoms with Gasteiger partial charge in [0.15, 0.2) is 18.3 Å². The molecule has 15 heteroatoms. The summed E-state index contributed by atoms with van der Waals surface area (Å²) in [4.78, 5) is 73.3. The number of carbonyl (C=O) groups is 6. The maximum absolute atomic E-state index is 13.0. The number of nitrogens with one attached hydrogen (secondary N) is 3. The molecule has 0 saturated carbocycles. The highest BCUT2D eigenvalue weighted by atomic mass is 16.6. The first kappa shape index (κ1) is 32.4. The van der Waals surface area contributed by atoms with Gasteiger partial charge in [0.05, 0.1) is 26.3 Å². The first-order valence-electron chi connectivity index (χ1n) is 12.3. The summed E-state index contributed by atoms with van der Waals surface area (Å²) in [6, 6.07) is 3.31. The van der Waals surface area contributed by atoms with Gasteiger partial charge in [-0.2, -0.15) is 0 Å². The Bertz CT molecular complexity index is 1170. The normalized spacial score (nSPS) is 19.1. The topological polar surface area (TPSA) is 194 Å². The number of ether oxygens (including phenoxy) is 6. The zero-order valence-electron chi connectivity index (χ0n) is 23.4. The minimum absolute atomic E-state index is 0.397. The summed E-state index contributed by atoms with van der Waals surface area (Å²) in [5, 5.41) is 7.86. The summed E-state index contributed by atoms with van der Waals surface area (Å²) < 4.78 is 31.4. The Morgan fingerprint density at radius 2 is 1.51 bits per heavy atom. The highest BCUT2D eigenvalue weighted by Crippen LogP contribution is 2.27. The van der Waals surface area contributed by atoms with Crippen LogP contribution in [0, 0.1) is 0 Å². The first-order valence-corrected chi connectivity index (χ1v) is 12.3. The van der Waals surface area contributed by atoms with E-state index in [0.29, 0.717) is 11.4 Å². The number of anilines is 1. The van der Waals surface area contributed by atoms with Crippen LogP contribution >= 0.6 is 0 Å². The number of hydrogen-bond donors (Lipinski definition) is 3. The number of amides is 3. The van der Waals surface area contributed by atoms with E-state index >= 15 is 0 Å². The lowest BCUT2D eigenvalue weighted by Crippen LogP contribution is -2.64. The van der Waals surface area contributed by atoms with Gasteiger partial charge in [0.1, 0.15) is 12.4 Å². The number of carbonyl (C=O) groups excluding carboxylic acids is 6. The van der Waals surface area contributed by atoms with Crippen LogP contribution in [0.5, 0.6) is 5.75 Å². The van der Waals surface area contributed by atoms with Crippen LogP contribution in [0.2, 0.25) is 0 Å². The Hall–Kier alpha value is -4.82. The lowest BCUT2D eigenvalue weighted by Gasteiger charge is -2.41. The molecule has 0 radical (unpaired) electrons. The number of hydrogen-bond acceptors (Lipinski definition) is 12. The van der Waals surface area contributed by atoms with Gasteiger partial charge in [-0.1, -0.05) is 0 Å². The molecule has 0 aromatic heterocycles. The third kappa shape index (κ3) is 10.0. The summed E-state index contributed by atoms with van der Waals surface area (Å²) in [6.07, 6.45) is -3.25. The van der Waals surface area contributed by atoms with Crippen molar-refractivity contribution < 1.29 is 57.2 Å². The van der Waals surface area contributed by atoms with Crippen molar-refractivity contribution in [1.29, 1.82) is 0 Å². The number of benzene rings is 1. The molecule has 0 aliphatic carbocycles. The van der Waals surface area contributed by atoms with Crippen LogP contribution in [0.25, 0.3) is 0 Å². The van der Waals surface area contributed by atoms with Crippen LogP contribution in [0.1, 0.15) is 27.7 Å². The van der Waals surface area contributed by atoms with Crippen molar-refractivity contribution in [2.75, 3.05) is 26.1 Å². The van der Waals surface area contributed by atoms with Gasteiger partial charge in [-0.25, -0.2) is 9.59 Å². The second-order valence-corrected chi connectivity index (χ2v) is 8.71. The quantitative estimate of drug-likeness (QED) is 0.244. The van der Waals surface area contributed by atoms with Gasteiger partial charge in [0, 0.05) is 33.4 Å². The molecule has 1 aromatic rings. The molecule has 0 bridgehead atoms. The second kappa shape index (κ2) is 15.1. The fourth-order valence-electron chi connectivity index (χ4n) is 3.90. The average molecular weight is 580 g/mol. The van der Waals surface area contributed by atoms with E-state index in [-0.39, 0.29) is 0 Å². The van der Waals surface area contributed by atoms with E-state index in [0.717, 1.165) is 27.9 Å². The van der Waals surface area contributed by atoms with Gasteiger partial charge in [0.25, 0.3) is 0 Å². The molecule has 1 aliphatic heterocycles. The van der Waals surface area contributed by atoms with Crippen molar-refractivity contribution in [2.45, 2.75) is 58.1 Å². The molecular weight excluding hydrogens is 546 g/mol. The molecule has 3 amide bonds. The Labute approximate surface area is 235 Å². The molecular formula is C26H33N3O12. The van der Waals surface area contributed by atoms with Gasteiger partial charge in [-0.3, -0.25) is 19.2 Å². The van der Waals surface area contributed by atoms with Gasteiger partial charge in [-0.15, -0.1) is 0 Å². The standard InChI is InChI=1S/C26H33N3O12/c1-13(30)27-22-19(29-26(35)28-17-7-9-18(36-5)10-8-17)11-20(25(34)37-6)41-24(22)23(40-16(4)33)21(39-15(3)32)12-38-14(2)31/h7-11,19,21-24H,12H2,1-6H3,(H,27,30)(H2,28,29,35)/t19-,21+,22+,23+,24+/m0/s1. The van der Waals surface area contributed by atoms with E-state index in [1.807, 2.05) is 0 Å². The molecule has 0 saturated heterocycles. The smallest absolute Gasteiger partial charge is 0.373 e. The molecule has 224 valence electrons. The fourth-order valence-corrected chi connectivity index (χ4v) is 3.90. The van der Waals surface area contributed by atoms with Crippen LogP contribution in [-0.2, 0) is 47.7 Å². The maximum atomic E-state index is 13.0. The molecule has 1 aliphatic rings. The van der Waals surface area contributed by atoms with E-state index in [1.165, 1.54) is 20.1 Å². The van der Waals surface area contributed by atoms with Crippen molar-refractivity contribution >= 4 is 41.5 Å². The Morgan fingerprint density at radius 3 is 2.02 bits per heavy atom. The Balaban J connectivity index is 2.53. The van der Waals surface area contributed by atoms with Gasteiger partial charge in [-0.05, 0) is 30.3 Å². The van der Waals surface area contributed by atoms with Crippen molar-refractivity contribution in [1.82, 2.24) is 10.6 Å². The van der Waals surface area contributed by atoms with Gasteiger partial charge >= 0.3 is 29.9 Å². The average Bonchev–Trinajstić information content (AvgIpc) is 2.90. The summed E-state index contributed by atoms with van der Waals surface area (Å²) in [5.74, 6) is -3.76. The number of methoxy groups -OCH3 is 2. The van der Waals surface area contributed by atoms with Crippen molar-refractivity contribution in [3.63, 3.8) is 0 Å². The third-order valence-corrected chi connectivity index (χ3v) is 5.50. The minimum Gasteiger partial charge on any atom is -0.497 e. The number of rotatable bonds is 11. The predicted molar refractivity (Wildman–Crippen MR) is 139 cm³/mol. The predicted octanol–water partition coefficient (Wildman–Crippen LogP) is 0.572. The van der Waals surface area contributed by atoms with Crippen molar-refractivity contribution in [2.24, 2.45) is 0 Å². The second-order valence-electron chi connectivity index (χ2n) is 8.71. The van der Waals surface area contributed by atoms with E-state index in [2.05, 4.69) is 16.0 Å². The maximum Gasteiger partial charge on any atom is 0.373 e. The Morgan fingerprint density at radius 1 is 0.878 bits per heavy atom. The van der Waals surface area contributed by atoms with E-state index in [9.17, 15) is 28.8 Å². The minimum atomic E-state index is -1.55. The summed E-state index contributed by atoms with van der Waals surface area (Å²) in [7, 11) is 2.58. The van der Waals surface area contributed by atoms with Crippen LogP contribution in [0.15, 0.2) is 36.1 Å². The van der Waals surface area contributed by atoms with Gasteiger partial charge < -0.3 is 44.4 Å². The van der Waals surface area contributed by atoms with Crippen LogP contribution < -0.4 is 20.7 Å². The zero-order chi connectivity index (χ0) is 30.7. The lowest BCUT2D eigenvalue weighted by molar-refractivity contribution is -0.188. The first-order chi connectivity index (χ1) is 19.3. The molecule has 15 nitrogen and oxygen atoms in total. The van der Waals surface area contributed by atoms with Gasteiger partial charge in [0.2, 0.25) is 11.7 Å². The van der Waals surface area contributed by atoms with E-state index in [4.69, 9.17) is 28.4 Å². The molecule has 1 heterocycles. The number of esters is 4. The van der Waals surface area contributed by atoms with Crippen molar-refractivity contribution in [3.05, 3.63) is 36.1 Å². The summed E-state index contributed by atoms with van der Waals surface area (Å²) >= 11 is 0. The van der Waals surface area contributed by atoms with E-state index in [1.54, 1.807) is 24.3 Å². The molecule has 2 rings (SSSR count). The van der Waals surface area contributed by atoms with Crippen LogP contribution in [-0.4, -0.2) is 87.0 Å². The summed E-state index contributed by atoms with van der Waals surface area (Å²) in [5.41, 5.74) is 0.397. The third-order valence-electron chi connectivity index (χ3n) is 5.50. The molecule has 41 heavy (non-hydrogen) atoms. The highest BCUT2D eigenvalue weighted by Gasteiger charge is 2.48.